The van der Waals surface area contributed by atoms with Crippen molar-refractivity contribution in [3.8, 4) is 0 Å². The minimum Gasteiger partial charge on any atom is -0.481 e. The fourth-order valence-electron chi connectivity index (χ4n) is 3.47. The van der Waals surface area contributed by atoms with Crippen LogP contribution in [0.2, 0.25) is 0 Å². The van der Waals surface area contributed by atoms with Crippen LogP contribution in [0.4, 0.5) is 0 Å². The molecule has 2 aliphatic carbocycles. The molecule has 148 valence electrons. The maximum absolute atomic E-state index is 12.6. The molecule has 0 unspecified atom stereocenters. The van der Waals surface area contributed by atoms with Crippen molar-refractivity contribution in [3.63, 3.8) is 0 Å². The Morgan fingerprint density at radius 2 is 1.81 bits per heavy atom. The third-order valence-electron chi connectivity index (χ3n) is 5.32. The van der Waals surface area contributed by atoms with Gasteiger partial charge in [-0.25, -0.2) is 13.1 Å². The molecule has 1 aromatic carbocycles. The summed E-state index contributed by atoms with van der Waals surface area (Å²) in [5, 5.41) is 12.2. The molecule has 3 N–H and O–H groups in total. The van der Waals surface area contributed by atoms with Crippen molar-refractivity contribution in [1.29, 1.82) is 0 Å². The largest absolute Gasteiger partial charge is 0.481 e. The first-order valence-electron chi connectivity index (χ1n) is 9.50. The van der Waals surface area contributed by atoms with Crippen LogP contribution >= 0.6 is 0 Å². The number of carboxylic acid groups (broad SMARTS) is 1. The molecule has 0 saturated heterocycles. The molecule has 2 aliphatic rings. The number of carbonyl (C=O) groups excluding carboxylic acids is 1. The molecule has 2 saturated carbocycles. The van der Waals surface area contributed by atoms with Crippen molar-refractivity contribution in [2.75, 3.05) is 6.54 Å². The van der Waals surface area contributed by atoms with Gasteiger partial charge in [0.1, 0.15) is 0 Å². The van der Waals surface area contributed by atoms with Gasteiger partial charge in [0.2, 0.25) is 10.0 Å². The van der Waals surface area contributed by atoms with Crippen LogP contribution in [0.5, 0.6) is 0 Å². The molecule has 2 fully saturated rings. The van der Waals surface area contributed by atoms with Gasteiger partial charge in [-0.15, -0.1) is 0 Å². The van der Waals surface area contributed by atoms with Gasteiger partial charge in [0.15, 0.2) is 0 Å². The van der Waals surface area contributed by atoms with E-state index in [2.05, 4.69) is 10.0 Å². The first-order chi connectivity index (χ1) is 12.9. The lowest BCUT2D eigenvalue weighted by atomic mass is 9.94. The van der Waals surface area contributed by atoms with Crippen LogP contribution in [0.15, 0.2) is 29.2 Å². The number of aliphatic carboxylic acids is 1. The first-order valence-corrected chi connectivity index (χ1v) is 11.0. The molecule has 0 heterocycles. The van der Waals surface area contributed by atoms with E-state index in [-0.39, 0.29) is 10.5 Å². The van der Waals surface area contributed by atoms with E-state index in [0.29, 0.717) is 25.3 Å². The number of sulfonamides is 1. The maximum Gasteiger partial charge on any atom is 0.308 e. The Kier molecular flexibility index (Phi) is 6.16. The van der Waals surface area contributed by atoms with Crippen LogP contribution in [0, 0.1) is 11.8 Å². The highest BCUT2D eigenvalue weighted by Gasteiger charge is 2.31. The SMILES string of the molecule is O=C(N[C@H]1CCCCC[C@H]1C(=O)O)c1cccc(S(=O)(=O)NCC2CC2)c1. The summed E-state index contributed by atoms with van der Waals surface area (Å²) in [6.45, 7) is 0.418. The summed E-state index contributed by atoms with van der Waals surface area (Å²) in [6, 6.07) is 5.43. The third kappa shape index (κ3) is 5.29. The van der Waals surface area contributed by atoms with Gasteiger partial charge in [-0.2, -0.15) is 0 Å². The molecule has 0 aromatic heterocycles. The molecular formula is C19H26N2O5S. The average molecular weight is 394 g/mol. The predicted molar refractivity (Wildman–Crippen MR) is 99.8 cm³/mol. The number of nitrogens with one attached hydrogen (secondary N) is 2. The number of hydrogen-bond acceptors (Lipinski definition) is 4. The molecule has 3 rings (SSSR count). The van der Waals surface area contributed by atoms with E-state index in [0.717, 1.165) is 32.1 Å². The molecule has 27 heavy (non-hydrogen) atoms. The Bertz CT molecular complexity index is 804. The Morgan fingerprint density at radius 3 is 2.52 bits per heavy atom. The fraction of sp³-hybridized carbons (Fsp3) is 0.579. The number of amides is 1. The van der Waals surface area contributed by atoms with Gasteiger partial charge < -0.3 is 10.4 Å². The van der Waals surface area contributed by atoms with Gasteiger partial charge in [-0.1, -0.05) is 25.3 Å². The monoisotopic (exact) mass is 394 g/mol. The van der Waals surface area contributed by atoms with Crippen molar-refractivity contribution in [2.24, 2.45) is 11.8 Å². The Balaban J connectivity index is 1.71. The molecule has 2 atom stereocenters. The highest BCUT2D eigenvalue weighted by Crippen LogP contribution is 2.28. The summed E-state index contributed by atoms with van der Waals surface area (Å²) < 4.78 is 27.4. The van der Waals surface area contributed by atoms with Gasteiger partial charge in [0.05, 0.1) is 10.8 Å². The standard InChI is InChI=1S/C19H26N2O5S/c22-18(21-17-8-3-1-2-7-16(17)19(23)24)14-5-4-6-15(11-14)27(25,26)20-12-13-9-10-13/h4-6,11,13,16-17,20H,1-3,7-10,12H2,(H,21,22)(H,23,24)/t16-,17+/m1/s1. The van der Waals surface area contributed by atoms with Crippen molar-refractivity contribution >= 4 is 21.9 Å². The third-order valence-corrected chi connectivity index (χ3v) is 6.74. The molecule has 0 aliphatic heterocycles. The van der Waals surface area contributed by atoms with E-state index in [9.17, 15) is 23.1 Å². The topological polar surface area (TPSA) is 113 Å². The Morgan fingerprint density at radius 1 is 1.07 bits per heavy atom. The minimum atomic E-state index is -3.66. The number of rotatable bonds is 7. The summed E-state index contributed by atoms with van der Waals surface area (Å²) in [4.78, 5) is 24.2. The molecule has 0 radical (unpaired) electrons. The quantitative estimate of drug-likeness (QED) is 0.613. The second kappa shape index (κ2) is 8.39. The highest BCUT2D eigenvalue weighted by molar-refractivity contribution is 7.89. The van der Waals surface area contributed by atoms with Gasteiger partial charge in [-0.05, 0) is 49.8 Å². The van der Waals surface area contributed by atoms with Crippen LogP contribution in [-0.4, -0.2) is 38.0 Å². The van der Waals surface area contributed by atoms with Crippen molar-refractivity contribution < 1.29 is 23.1 Å². The van der Waals surface area contributed by atoms with Crippen molar-refractivity contribution in [2.45, 2.75) is 55.9 Å². The smallest absolute Gasteiger partial charge is 0.308 e. The zero-order chi connectivity index (χ0) is 19.4. The lowest BCUT2D eigenvalue weighted by Gasteiger charge is -2.23. The molecule has 0 bridgehead atoms. The number of hydrogen-bond donors (Lipinski definition) is 3. The van der Waals surface area contributed by atoms with Gasteiger partial charge >= 0.3 is 5.97 Å². The zero-order valence-corrected chi connectivity index (χ0v) is 16.0. The molecule has 0 spiro atoms. The fourth-order valence-corrected chi connectivity index (χ4v) is 4.63. The molecule has 7 nitrogen and oxygen atoms in total. The summed E-state index contributed by atoms with van der Waals surface area (Å²) >= 11 is 0. The van der Waals surface area contributed by atoms with E-state index in [1.54, 1.807) is 6.07 Å². The van der Waals surface area contributed by atoms with E-state index < -0.39 is 33.9 Å². The summed E-state index contributed by atoms with van der Waals surface area (Å²) in [5.74, 6) is -1.53. The summed E-state index contributed by atoms with van der Waals surface area (Å²) in [6.07, 6.45) is 5.89. The normalized spacial score (nSPS) is 23.4. The first kappa shape index (κ1) is 19.8. The van der Waals surface area contributed by atoms with E-state index in [1.807, 2.05) is 0 Å². The van der Waals surface area contributed by atoms with Crippen LogP contribution in [0.3, 0.4) is 0 Å². The lowest BCUT2D eigenvalue weighted by Crippen LogP contribution is -2.42. The highest BCUT2D eigenvalue weighted by atomic mass is 32.2. The van der Waals surface area contributed by atoms with Crippen LogP contribution in [-0.2, 0) is 14.8 Å². The number of benzene rings is 1. The minimum absolute atomic E-state index is 0.0476. The van der Waals surface area contributed by atoms with E-state index in [4.69, 9.17) is 0 Å². The molecular weight excluding hydrogens is 368 g/mol. The van der Waals surface area contributed by atoms with Crippen LogP contribution in [0.25, 0.3) is 0 Å². The second-order valence-electron chi connectivity index (χ2n) is 7.49. The Labute approximate surface area is 159 Å². The lowest BCUT2D eigenvalue weighted by molar-refractivity contribution is -0.142. The number of carboxylic acids is 1. The van der Waals surface area contributed by atoms with Gasteiger partial charge in [-0.3, -0.25) is 9.59 Å². The molecule has 1 aromatic rings. The Hall–Kier alpha value is -1.93. The van der Waals surface area contributed by atoms with Gasteiger partial charge in [0, 0.05) is 18.2 Å². The predicted octanol–water partition coefficient (Wildman–Crippen LogP) is 2.14. The molecule has 1 amide bonds. The number of carbonyl (C=O) groups is 2. The van der Waals surface area contributed by atoms with Crippen molar-refractivity contribution in [3.05, 3.63) is 29.8 Å². The average Bonchev–Trinajstić information content (AvgIpc) is 3.47. The zero-order valence-electron chi connectivity index (χ0n) is 15.2. The summed E-state index contributed by atoms with van der Waals surface area (Å²) in [7, 11) is -3.66. The van der Waals surface area contributed by atoms with E-state index in [1.165, 1.54) is 18.2 Å². The van der Waals surface area contributed by atoms with E-state index >= 15 is 0 Å². The van der Waals surface area contributed by atoms with Gasteiger partial charge in [0.25, 0.3) is 5.91 Å². The summed E-state index contributed by atoms with van der Waals surface area (Å²) in [5.41, 5.74) is 0.220. The van der Waals surface area contributed by atoms with Crippen LogP contribution in [0.1, 0.15) is 55.3 Å². The van der Waals surface area contributed by atoms with Crippen molar-refractivity contribution in [1.82, 2.24) is 10.0 Å². The van der Waals surface area contributed by atoms with Crippen LogP contribution < -0.4 is 10.0 Å². The second-order valence-corrected chi connectivity index (χ2v) is 9.25. The molecule has 8 heteroatoms. The maximum atomic E-state index is 12.6.